The van der Waals surface area contributed by atoms with Gasteiger partial charge in [0, 0.05) is 51.7 Å². The summed E-state index contributed by atoms with van der Waals surface area (Å²) in [6.07, 6.45) is 2.64. The van der Waals surface area contributed by atoms with E-state index in [9.17, 15) is 13.6 Å². The fraction of sp³-hybridized carbons (Fsp3) is 0.524. The van der Waals surface area contributed by atoms with Gasteiger partial charge in [0.25, 0.3) is 0 Å². The number of aromatic nitrogens is 1. The molecular weight excluding hydrogens is 378 g/mol. The van der Waals surface area contributed by atoms with Crippen molar-refractivity contribution in [3.63, 3.8) is 0 Å². The van der Waals surface area contributed by atoms with Gasteiger partial charge in [-0.3, -0.25) is 14.6 Å². The Morgan fingerprint density at radius 1 is 1.21 bits per heavy atom. The van der Waals surface area contributed by atoms with Crippen LogP contribution in [0.3, 0.4) is 0 Å². The van der Waals surface area contributed by atoms with Crippen LogP contribution >= 0.6 is 0 Å². The number of carbonyl (C=O) groups excluding carboxylic acids is 1. The summed E-state index contributed by atoms with van der Waals surface area (Å²) in [6, 6.07) is 3.77. The number of oxazole rings is 1. The van der Waals surface area contributed by atoms with Crippen LogP contribution < -0.4 is 5.32 Å². The van der Waals surface area contributed by atoms with Crippen LogP contribution in [0.4, 0.5) is 8.78 Å². The van der Waals surface area contributed by atoms with E-state index in [1.807, 2.05) is 0 Å². The first-order valence-electron chi connectivity index (χ1n) is 10.1. The summed E-state index contributed by atoms with van der Waals surface area (Å²) in [5.74, 6) is -0.192. The van der Waals surface area contributed by atoms with Crippen LogP contribution in [0.25, 0.3) is 11.5 Å². The monoisotopic (exact) mass is 404 g/mol. The highest BCUT2D eigenvalue weighted by atomic mass is 19.1. The minimum absolute atomic E-state index is 0.0439. The van der Waals surface area contributed by atoms with Gasteiger partial charge in [-0.2, -0.15) is 0 Å². The molecule has 6 nitrogen and oxygen atoms in total. The molecule has 0 bridgehead atoms. The Balaban J connectivity index is 1.37. The smallest absolute Gasteiger partial charge is 0.229 e. The Labute approximate surface area is 168 Å². The van der Waals surface area contributed by atoms with Gasteiger partial charge in [-0.15, -0.1) is 0 Å². The number of rotatable bonds is 4. The van der Waals surface area contributed by atoms with E-state index in [0.717, 1.165) is 69.5 Å². The molecule has 0 aliphatic carbocycles. The number of nitrogens with one attached hydrogen (secondary N) is 1. The van der Waals surface area contributed by atoms with Crippen molar-refractivity contribution in [2.45, 2.75) is 38.8 Å². The lowest BCUT2D eigenvalue weighted by atomic mass is 10.0. The zero-order valence-electron chi connectivity index (χ0n) is 16.6. The van der Waals surface area contributed by atoms with E-state index < -0.39 is 11.6 Å². The van der Waals surface area contributed by atoms with Gasteiger partial charge < -0.3 is 9.73 Å². The van der Waals surface area contributed by atoms with Crippen LogP contribution in [-0.2, 0) is 11.3 Å². The second kappa shape index (κ2) is 8.59. The van der Waals surface area contributed by atoms with Crippen LogP contribution in [0, 0.1) is 18.6 Å². The molecule has 156 valence electrons. The van der Waals surface area contributed by atoms with Crippen LogP contribution in [-0.4, -0.2) is 59.5 Å². The molecule has 1 N–H and O–H groups in total. The SMILES string of the molecule is Cc1oc(-c2cc(F)ccc2F)nc1CN1CCC(N2CCNC(=O)CC2)CC1. The highest BCUT2D eigenvalue weighted by molar-refractivity contribution is 5.76. The summed E-state index contributed by atoms with van der Waals surface area (Å²) in [7, 11) is 0. The Morgan fingerprint density at radius 3 is 2.79 bits per heavy atom. The average Bonchev–Trinajstić information content (AvgIpc) is 2.92. The van der Waals surface area contributed by atoms with E-state index in [4.69, 9.17) is 4.42 Å². The van der Waals surface area contributed by atoms with Crippen LogP contribution in [0.2, 0.25) is 0 Å². The second-order valence-corrected chi connectivity index (χ2v) is 7.79. The van der Waals surface area contributed by atoms with E-state index in [-0.39, 0.29) is 17.4 Å². The molecule has 2 aliphatic rings. The summed E-state index contributed by atoms with van der Waals surface area (Å²) in [6.45, 7) is 6.73. The number of aryl methyl sites for hydroxylation is 1. The molecule has 1 aromatic heterocycles. The zero-order chi connectivity index (χ0) is 20.4. The largest absolute Gasteiger partial charge is 0.441 e. The van der Waals surface area contributed by atoms with E-state index in [2.05, 4.69) is 20.1 Å². The van der Waals surface area contributed by atoms with Gasteiger partial charge in [0.15, 0.2) is 0 Å². The standard InChI is InChI=1S/C21H26F2N4O2/c1-14-19(25-21(29-14)17-12-15(22)2-3-18(17)23)13-26-8-4-16(5-9-26)27-10-6-20(28)24-7-11-27/h2-3,12,16H,4-11,13H2,1H3,(H,24,28). The predicted molar refractivity (Wildman–Crippen MR) is 104 cm³/mol. The Hall–Kier alpha value is -2.32. The molecule has 0 radical (unpaired) electrons. The molecule has 1 aromatic carbocycles. The first-order chi connectivity index (χ1) is 14.0. The Bertz CT molecular complexity index is 878. The maximum absolute atomic E-state index is 14.0. The number of carbonyl (C=O) groups is 1. The summed E-state index contributed by atoms with van der Waals surface area (Å²) in [4.78, 5) is 20.7. The molecule has 0 unspecified atom stereocenters. The van der Waals surface area contributed by atoms with Crippen molar-refractivity contribution in [2.24, 2.45) is 0 Å². The minimum Gasteiger partial charge on any atom is -0.441 e. The second-order valence-electron chi connectivity index (χ2n) is 7.79. The third-order valence-electron chi connectivity index (χ3n) is 5.85. The first-order valence-corrected chi connectivity index (χ1v) is 10.1. The fourth-order valence-electron chi connectivity index (χ4n) is 4.16. The number of benzene rings is 1. The van der Waals surface area contributed by atoms with E-state index in [1.165, 1.54) is 0 Å². The normalized spacial score (nSPS) is 19.9. The molecular formula is C21H26F2N4O2. The lowest BCUT2D eigenvalue weighted by molar-refractivity contribution is -0.120. The highest BCUT2D eigenvalue weighted by Gasteiger charge is 2.27. The van der Waals surface area contributed by atoms with E-state index >= 15 is 0 Å². The number of piperidine rings is 1. The number of halogens is 2. The lowest BCUT2D eigenvalue weighted by Crippen LogP contribution is -2.45. The van der Waals surface area contributed by atoms with Crippen molar-refractivity contribution >= 4 is 5.91 Å². The van der Waals surface area contributed by atoms with Gasteiger partial charge in [0.1, 0.15) is 17.4 Å². The Kier molecular flexibility index (Phi) is 5.91. The number of likely N-dealkylation sites (tertiary alicyclic amines) is 1. The third kappa shape index (κ3) is 4.64. The van der Waals surface area contributed by atoms with Crippen LogP contribution in [0.15, 0.2) is 22.6 Å². The van der Waals surface area contributed by atoms with Gasteiger partial charge in [-0.1, -0.05) is 0 Å². The maximum atomic E-state index is 14.0. The van der Waals surface area contributed by atoms with Gasteiger partial charge >= 0.3 is 0 Å². The zero-order valence-corrected chi connectivity index (χ0v) is 16.6. The lowest BCUT2D eigenvalue weighted by Gasteiger charge is -2.37. The summed E-state index contributed by atoms with van der Waals surface area (Å²) >= 11 is 0. The van der Waals surface area contributed by atoms with Crippen molar-refractivity contribution < 1.29 is 18.0 Å². The van der Waals surface area contributed by atoms with Gasteiger partial charge in [-0.05, 0) is 38.0 Å². The first kappa shape index (κ1) is 20.0. The topological polar surface area (TPSA) is 61.6 Å². The third-order valence-corrected chi connectivity index (χ3v) is 5.85. The molecule has 2 aliphatic heterocycles. The van der Waals surface area contributed by atoms with Crippen LogP contribution in [0.1, 0.15) is 30.7 Å². The summed E-state index contributed by atoms with van der Waals surface area (Å²) in [5.41, 5.74) is 0.800. The van der Waals surface area contributed by atoms with Gasteiger partial charge in [0.2, 0.25) is 11.8 Å². The van der Waals surface area contributed by atoms with Crippen molar-refractivity contribution in [1.29, 1.82) is 0 Å². The molecule has 0 spiro atoms. The number of hydrogen-bond donors (Lipinski definition) is 1. The van der Waals surface area contributed by atoms with E-state index in [1.54, 1.807) is 6.92 Å². The fourth-order valence-corrected chi connectivity index (χ4v) is 4.16. The molecule has 2 saturated heterocycles. The van der Waals surface area contributed by atoms with Crippen molar-refractivity contribution in [3.8, 4) is 11.5 Å². The predicted octanol–water partition coefficient (Wildman–Crippen LogP) is 2.71. The molecule has 0 atom stereocenters. The highest BCUT2D eigenvalue weighted by Crippen LogP contribution is 2.27. The molecule has 2 fully saturated rings. The number of amides is 1. The molecule has 8 heteroatoms. The van der Waals surface area contributed by atoms with Crippen molar-refractivity contribution in [3.05, 3.63) is 41.3 Å². The molecule has 29 heavy (non-hydrogen) atoms. The van der Waals surface area contributed by atoms with Crippen LogP contribution in [0.5, 0.6) is 0 Å². The summed E-state index contributed by atoms with van der Waals surface area (Å²) < 4.78 is 33.1. The van der Waals surface area contributed by atoms with Crippen molar-refractivity contribution in [2.75, 3.05) is 32.7 Å². The molecule has 3 heterocycles. The van der Waals surface area contributed by atoms with Crippen molar-refractivity contribution in [1.82, 2.24) is 20.1 Å². The molecule has 2 aromatic rings. The minimum atomic E-state index is -0.551. The average molecular weight is 404 g/mol. The molecule has 0 saturated carbocycles. The quantitative estimate of drug-likeness (QED) is 0.849. The van der Waals surface area contributed by atoms with E-state index in [0.29, 0.717) is 24.8 Å². The Morgan fingerprint density at radius 2 is 2.00 bits per heavy atom. The van der Waals surface area contributed by atoms with Gasteiger partial charge in [0.05, 0.1) is 11.3 Å². The molecule has 4 rings (SSSR count). The number of hydrogen-bond acceptors (Lipinski definition) is 5. The maximum Gasteiger partial charge on any atom is 0.229 e. The molecule has 1 amide bonds. The number of nitrogens with zero attached hydrogens (tertiary/aromatic N) is 3. The van der Waals surface area contributed by atoms with Gasteiger partial charge in [-0.25, -0.2) is 13.8 Å². The summed E-state index contributed by atoms with van der Waals surface area (Å²) in [5, 5.41) is 2.92.